The Morgan fingerprint density at radius 3 is 2.48 bits per heavy atom. The molecule has 0 amide bonds. The van der Waals surface area contributed by atoms with Crippen LogP contribution in [-0.2, 0) is 16.6 Å². The highest BCUT2D eigenvalue weighted by molar-refractivity contribution is 7.89. The van der Waals surface area contributed by atoms with E-state index >= 15 is 0 Å². The van der Waals surface area contributed by atoms with Crippen LogP contribution in [0, 0.1) is 6.92 Å². The molecular formula is C19H26N4O3S. The number of piperidine rings is 1. The SMILES string of the molecule is CCOc1ccc(S(=O)(=O)NCc2nc(C)cc(N3CCCCC3)n2)cc1. The van der Waals surface area contributed by atoms with Gasteiger partial charge in [-0.2, -0.15) is 0 Å². The molecule has 27 heavy (non-hydrogen) atoms. The normalized spacial score (nSPS) is 15.0. The molecule has 0 unspecified atom stereocenters. The summed E-state index contributed by atoms with van der Waals surface area (Å²) in [5.74, 6) is 1.99. The lowest BCUT2D eigenvalue weighted by molar-refractivity contribution is 0.340. The smallest absolute Gasteiger partial charge is 0.240 e. The van der Waals surface area contributed by atoms with Gasteiger partial charge in [0.1, 0.15) is 17.4 Å². The average Bonchev–Trinajstić information content (AvgIpc) is 2.67. The standard InChI is InChI=1S/C19H26N4O3S/c1-3-26-16-7-9-17(10-8-16)27(24,25)20-14-18-21-15(2)13-19(22-18)23-11-5-4-6-12-23/h7-10,13,20H,3-6,11-12,14H2,1-2H3. The van der Waals surface area contributed by atoms with Crippen molar-refractivity contribution in [3.8, 4) is 5.75 Å². The quantitative estimate of drug-likeness (QED) is 0.782. The molecule has 0 bridgehead atoms. The number of hydrogen-bond acceptors (Lipinski definition) is 6. The van der Waals surface area contributed by atoms with Crippen molar-refractivity contribution < 1.29 is 13.2 Å². The van der Waals surface area contributed by atoms with E-state index in [2.05, 4.69) is 19.6 Å². The number of nitrogens with one attached hydrogen (secondary N) is 1. The number of sulfonamides is 1. The molecule has 0 aliphatic carbocycles. The summed E-state index contributed by atoms with van der Waals surface area (Å²) in [5, 5.41) is 0. The minimum absolute atomic E-state index is 0.0536. The molecule has 0 atom stereocenters. The molecule has 2 heterocycles. The van der Waals surface area contributed by atoms with E-state index in [0.717, 1.165) is 37.4 Å². The van der Waals surface area contributed by atoms with E-state index in [0.29, 0.717) is 18.2 Å². The molecule has 7 nitrogen and oxygen atoms in total. The van der Waals surface area contributed by atoms with Gasteiger partial charge in [0.15, 0.2) is 0 Å². The number of aromatic nitrogens is 2. The van der Waals surface area contributed by atoms with Crippen molar-refractivity contribution in [3.63, 3.8) is 0 Å². The van der Waals surface area contributed by atoms with Crippen LogP contribution in [0.5, 0.6) is 5.75 Å². The molecule has 8 heteroatoms. The zero-order valence-electron chi connectivity index (χ0n) is 15.8. The monoisotopic (exact) mass is 390 g/mol. The second-order valence-electron chi connectivity index (χ2n) is 6.56. The summed E-state index contributed by atoms with van der Waals surface area (Å²) in [6.45, 7) is 6.33. The van der Waals surface area contributed by atoms with Gasteiger partial charge in [0.05, 0.1) is 18.0 Å². The summed E-state index contributed by atoms with van der Waals surface area (Å²) in [7, 11) is -3.64. The summed E-state index contributed by atoms with van der Waals surface area (Å²) >= 11 is 0. The Kier molecular flexibility index (Phi) is 6.28. The zero-order valence-corrected chi connectivity index (χ0v) is 16.6. The first kappa shape index (κ1) is 19.6. The van der Waals surface area contributed by atoms with Gasteiger partial charge in [-0.3, -0.25) is 0 Å². The predicted octanol–water partition coefficient (Wildman–Crippen LogP) is 2.65. The van der Waals surface area contributed by atoms with Gasteiger partial charge < -0.3 is 9.64 Å². The fourth-order valence-electron chi connectivity index (χ4n) is 3.10. The second-order valence-corrected chi connectivity index (χ2v) is 8.33. The number of aryl methyl sites for hydroxylation is 1. The molecule has 1 fully saturated rings. The van der Waals surface area contributed by atoms with Crippen LogP contribution in [-0.4, -0.2) is 38.1 Å². The molecule has 1 saturated heterocycles. The summed E-state index contributed by atoms with van der Waals surface area (Å²) < 4.78 is 33.0. The van der Waals surface area contributed by atoms with Crippen LogP contribution in [0.4, 0.5) is 5.82 Å². The van der Waals surface area contributed by atoms with Crippen molar-refractivity contribution in [1.82, 2.24) is 14.7 Å². The molecule has 1 aromatic heterocycles. The van der Waals surface area contributed by atoms with Crippen LogP contribution in [0.3, 0.4) is 0 Å². The van der Waals surface area contributed by atoms with Crippen LogP contribution in [0.2, 0.25) is 0 Å². The Balaban J connectivity index is 1.70. The van der Waals surface area contributed by atoms with Gasteiger partial charge in [-0.25, -0.2) is 23.1 Å². The van der Waals surface area contributed by atoms with Gasteiger partial charge >= 0.3 is 0 Å². The Labute approximate surface area is 160 Å². The third-order valence-corrected chi connectivity index (χ3v) is 5.85. The van der Waals surface area contributed by atoms with Crippen molar-refractivity contribution in [1.29, 1.82) is 0 Å². The van der Waals surface area contributed by atoms with E-state index in [-0.39, 0.29) is 11.4 Å². The van der Waals surface area contributed by atoms with Crippen molar-refractivity contribution in [3.05, 3.63) is 41.9 Å². The van der Waals surface area contributed by atoms with Gasteiger partial charge in [0, 0.05) is 24.8 Å². The van der Waals surface area contributed by atoms with E-state index in [4.69, 9.17) is 4.74 Å². The lowest BCUT2D eigenvalue weighted by Gasteiger charge is -2.28. The Bertz CT molecular complexity index is 863. The number of rotatable bonds is 7. The average molecular weight is 391 g/mol. The number of hydrogen-bond donors (Lipinski definition) is 1. The van der Waals surface area contributed by atoms with Crippen molar-refractivity contribution >= 4 is 15.8 Å². The van der Waals surface area contributed by atoms with E-state index in [1.807, 2.05) is 19.9 Å². The van der Waals surface area contributed by atoms with E-state index in [9.17, 15) is 8.42 Å². The van der Waals surface area contributed by atoms with Gasteiger partial charge in [0.25, 0.3) is 0 Å². The molecule has 0 saturated carbocycles. The van der Waals surface area contributed by atoms with Crippen LogP contribution in [0.15, 0.2) is 35.2 Å². The highest BCUT2D eigenvalue weighted by Crippen LogP contribution is 2.19. The maximum atomic E-state index is 12.5. The van der Waals surface area contributed by atoms with Gasteiger partial charge in [-0.05, 0) is 57.4 Å². The zero-order chi connectivity index (χ0) is 19.3. The number of ether oxygens (including phenoxy) is 1. The third-order valence-electron chi connectivity index (χ3n) is 4.43. The Morgan fingerprint density at radius 1 is 1.11 bits per heavy atom. The van der Waals surface area contributed by atoms with Gasteiger partial charge in [0.2, 0.25) is 10.0 Å². The highest BCUT2D eigenvalue weighted by Gasteiger charge is 2.17. The fraction of sp³-hybridized carbons (Fsp3) is 0.474. The number of anilines is 1. The van der Waals surface area contributed by atoms with Gasteiger partial charge in [-0.15, -0.1) is 0 Å². The predicted molar refractivity (Wildman–Crippen MR) is 104 cm³/mol. The fourth-order valence-corrected chi connectivity index (χ4v) is 4.08. The lowest BCUT2D eigenvalue weighted by Crippen LogP contribution is -2.31. The van der Waals surface area contributed by atoms with Crippen molar-refractivity contribution in [2.75, 3.05) is 24.6 Å². The van der Waals surface area contributed by atoms with E-state index in [1.54, 1.807) is 12.1 Å². The molecule has 0 radical (unpaired) electrons. The second kappa shape index (κ2) is 8.67. The highest BCUT2D eigenvalue weighted by atomic mass is 32.2. The van der Waals surface area contributed by atoms with Crippen LogP contribution in [0.1, 0.15) is 37.7 Å². The minimum atomic E-state index is -3.64. The number of nitrogens with zero attached hydrogens (tertiary/aromatic N) is 3. The third kappa shape index (κ3) is 5.17. The first-order valence-electron chi connectivity index (χ1n) is 9.30. The minimum Gasteiger partial charge on any atom is -0.494 e. The topological polar surface area (TPSA) is 84.4 Å². The summed E-state index contributed by atoms with van der Waals surface area (Å²) in [5.41, 5.74) is 0.834. The molecule has 1 aromatic carbocycles. The molecule has 0 spiro atoms. The number of benzene rings is 1. The first-order chi connectivity index (χ1) is 13.0. The van der Waals surface area contributed by atoms with E-state index < -0.39 is 10.0 Å². The van der Waals surface area contributed by atoms with Gasteiger partial charge in [-0.1, -0.05) is 0 Å². The molecule has 3 rings (SSSR count). The molecule has 2 aromatic rings. The van der Waals surface area contributed by atoms with Crippen molar-refractivity contribution in [2.45, 2.75) is 44.6 Å². The van der Waals surface area contributed by atoms with Crippen LogP contribution < -0.4 is 14.4 Å². The summed E-state index contributed by atoms with van der Waals surface area (Å²) in [4.78, 5) is 11.4. The van der Waals surface area contributed by atoms with E-state index in [1.165, 1.54) is 18.6 Å². The molecule has 1 aliphatic rings. The largest absolute Gasteiger partial charge is 0.494 e. The summed E-state index contributed by atoms with van der Waals surface area (Å²) in [6, 6.07) is 8.31. The van der Waals surface area contributed by atoms with Crippen LogP contribution >= 0.6 is 0 Å². The Hall–Kier alpha value is -2.19. The maximum Gasteiger partial charge on any atom is 0.240 e. The first-order valence-corrected chi connectivity index (χ1v) is 10.8. The molecule has 1 N–H and O–H groups in total. The molecular weight excluding hydrogens is 364 g/mol. The van der Waals surface area contributed by atoms with Crippen molar-refractivity contribution in [2.24, 2.45) is 0 Å². The molecule has 1 aliphatic heterocycles. The summed E-state index contributed by atoms with van der Waals surface area (Å²) in [6.07, 6.45) is 3.56. The Morgan fingerprint density at radius 2 is 1.81 bits per heavy atom. The molecule has 146 valence electrons. The lowest BCUT2D eigenvalue weighted by atomic mass is 10.1. The van der Waals surface area contributed by atoms with Crippen LogP contribution in [0.25, 0.3) is 0 Å². The maximum absolute atomic E-state index is 12.5.